The Labute approximate surface area is 112 Å². The summed E-state index contributed by atoms with van der Waals surface area (Å²) >= 11 is 0. The maximum absolute atomic E-state index is 12.4. The number of carbonyl (C=O) groups excluding carboxylic acids is 1. The van der Waals surface area contributed by atoms with Gasteiger partial charge < -0.3 is 5.32 Å². The minimum atomic E-state index is -0.643. The number of fused-ring (bicyclic) bond motifs is 1. The van der Waals surface area contributed by atoms with Crippen LogP contribution in [0.5, 0.6) is 0 Å². The first-order chi connectivity index (χ1) is 8.95. The fraction of sp³-hybridized carbons (Fsp3) is 0.500. The summed E-state index contributed by atoms with van der Waals surface area (Å²) in [5, 5.41) is 13.8. The van der Waals surface area contributed by atoms with Crippen molar-refractivity contribution in [3.63, 3.8) is 0 Å². The first kappa shape index (κ1) is 13.5. The minimum absolute atomic E-state index is 0.0236. The zero-order valence-electron chi connectivity index (χ0n) is 11.4. The van der Waals surface area contributed by atoms with E-state index in [0.717, 1.165) is 12.0 Å². The van der Waals surface area contributed by atoms with Gasteiger partial charge in [-0.15, -0.1) is 0 Å². The lowest BCUT2D eigenvalue weighted by Crippen LogP contribution is -2.39. The molecule has 5 nitrogen and oxygen atoms in total. The molecule has 1 N–H and O–H groups in total. The number of carbonyl (C=O) groups is 1. The molecular formula is C14H18N2O3. The van der Waals surface area contributed by atoms with Gasteiger partial charge in [0.2, 0.25) is 5.91 Å². The van der Waals surface area contributed by atoms with Gasteiger partial charge in [-0.05, 0) is 17.9 Å². The average Bonchev–Trinajstić information content (AvgIpc) is 2.63. The Morgan fingerprint density at radius 1 is 1.42 bits per heavy atom. The second kappa shape index (κ2) is 4.64. The molecule has 5 heteroatoms. The molecule has 1 unspecified atom stereocenters. The number of para-hydroxylation sites is 1. The molecule has 1 aromatic carbocycles. The molecular weight excluding hydrogens is 244 g/mol. The fourth-order valence-corrected chi connectivity index (χ4v) is 3.05. The molecule has 0 aliphatic carbocycles. The smallest absolute Gasteiger partial charge is 0.293 e. The molecule has 0 radical (unpaired) electrons. The van der Waals surface area contributed by atoms with Crippen LogP contribution >= 0.6 is 0 Å². The SMILES string of the molecule is CCCC1(C(C)C)C(=O)Nc2c([N+](=O)[O-])cccc21. The third-order valence-corrected chi connectivity index (χ3v) is 3.99. The van der Waals surface area contributed by atoms with Crippen LogP contribution in [0.25, 0.3) is 0 Å². The summed E-state index contributed by atoms with van der Waals surface area (Å²) in [6, 6.07) is 4.92. The Hall–Kier alpha value is -1.91. The normalized spacial score (nSPS) is 21.4. The molecule has 102 valence electrons. The number of nitro groups is 1. The molecule has 0 bridgehead atoms. The standard InChI is InChI=1S/C14H18N2O3/c1-4-8-14(9(2)3)10-6-5-7-11(16(18)19)12(10)15-13(14)17/h5-7,9H,4,8H2,1-3H3,(H,15,17). The van der Waals surface area contributed by atoms with Crippen LogP contribution in [0.4, 0.5) is 11.4 Å². The maximum Gasteiger partial charge on any atom is 0.293 e. The van der Waals surface area contributed by atoms with Crippen LogP contribution in [0.1, 0.15) is 39.2 Å². The van der Waals surface area contributed by atoms with Crippen LogP contribution in [0.2, 0.25) is 0 Å². The van der Waals surface area contributed by atoms with E-state index in [1.165, 1.54) is 6.07 Å². The Morgan fingerprint density at radius 3 is 2.63 bits per heavy atom. The van der Waals surface area contributed by atoms with Crippen LogP contribution in [-0.2, 0) is 10.2 Å². The van der Waals surface area contributed by atoms with Gasteiger partial charge in [-0.25, -0.2) is 0 Å². The number of nitrogens with zero attached hydrogens (tertiary/aromatic N) is 1. The van der Waals surface area contributed by atoms with E-state index >= 15 is 0 Å². The van der Waals surface area contributed by atoms with Gasteiger partial charge >= 0.3 is 0 Å². The number of anilines is 1. The van der Waals surface area contributed by atoms with Crippen molar-refractivity contribution >= 4 is 17.3 Å². The van der Waals surface area contributed by atoms with Gasteiger partial charge in [-0.1, -0.05) is 39.3 Å². The predicted octanol–water partition coefficient (Wildman–Crippen LogP) is 3.24. The number of hydrogen-bond acceptors (Lipinski definition) is 3. The van der Waals surface area contributed by atoms with E-state index in [4.69, 9.17) is 0 Å². The van der Waals surface area contributed by atoms with Crippen molar-refractivity contribution in [1.29, 1.82) is 0 Å². The largest absolute Gasteiger partial charge is 0.319 e. The number of benzene rings is 1. The zero-order chi connectivity index (χ0) is 14.2. The lowest BCUT2D eigenvalue weighted by Gasteiger charge is -2.31. The molecule has 1 atom stereocenters. The zero-order valence-corrected chi connectivity index (χ0v) is 11.4. The molecule has 2 rings (SSSR count). The van der Waals surface area contributed by atoms with Gasteiger partial charge in [-0.3, -0.25) is 14.9 Å². The summed E-state index contributed by atoms with van der Waals surface area (Å²) in [6.45, 7) is 6.00. The minimum Gasteiger partial charge on any atom is -0.319 e. The first-order valence-electron chi connectivity index (χ1n) is 6.54. The van der Waals surface area contributed by atoms with E-state index in [0.29, 0.717) is 12.1 Å². The molecule has 1 aliphatic rings. The Balaban J connectivity index is 2.67. The topological polar surface area (TPSA) is 72.2 Å². The molecule has 0 saturated carbocycles. The van der Waals surface area contributed by atoms with Crippen molar-refractivity contribution in [2.75, 3.05) is 5.32 Å². The van der Waals surface area contributed by atoms with Gasteiger partial charge in [0, 0.05) is 6.07 Å². The van der Waals surface area contributed by atoms with Crippen LogP contribution in [0.3, 0.4) is 0 Å². The van der Waals surface area contributed by atoms with E-state index in [2.05, 4.69) is 5.32 Å². The average molecular weight is 262 g/mol. The van der Waals surface area contributed by atoms with Crippen LogP contribution in [-0.4, -0.2) is 10.8 Å². The summed E-state index contributed by atoms with van der Waals surface area (Å²) in [5.74, 6) is -0.0237. The highest BCUT2D eigenvalue weighted by Crippen LogP contribution is 2.49. The van der Waals surface area contributed by atoms with E-state index < -0.39 is 10.3 Å². The molecule has 0 spiro atoms. The van der Waals surface area contributed by atoms with Gasteiger partial charge in [-0.2, -0.15) is 0 Å². The fourth-order valence-electron chi connectivity index (χ4n) is 3.05. The number of nitrogens with one attached hydrogen (secondary N) is 1. The van der Waals surface area contributed by atoms with E-state index in [-0.39, 0.29) is 17.5 Å². The lowest BCUT2D eigenvalue weighted by molar-refractivity contribution is -0.383. The van der Waals surface area contributed by atoms with E-state index in [9.17, 15) is 14.9 Å². The third-order valence-electron chi connectivity index (χ3n) is 3.99. The third kappa shape index (κ3) is 1.80. The second-order valence-electron chi connectivity index (χ2n) is 5.29. The van der Waals surface area contributed by atoms with Gasteiger partial charge in [0.25, 0.3) is 5.69 Å². The summed E-state index contributed by atoms with van der Waals surface area (Å²) in [5.41, 5.74) is 0.475. The number of nitro benzene ring substituents is 1. The molecule has 0 fully saturated rings. The van der Waals surface area contributed by atoms with Crippen molar-refractivity contribution < 1.29 is 9.72 Å². The Bertz CT molecular complexity index is 539. The monoisotopic (exact) mass is 262 g/mol. The summed E-state index contributed by atoms with van der Waals surface area (Å²) in [4.78, 5) is 23.0. The highest BCUT2D eigenvalue weighted by atomic mass is 16.6. The van der Waals surface area contributed by atoms with Crippen molar-refractivity contribution in [3.8, 4) is 0 Å². The molecule has 0 saturated heterocycles. The van der Waals surface area contributed by atoms with Gasteiger partial charge in [0.15, 0.2) is 0 Å². The Kier molecular flexibility index (Phi) is 3.30. The van der Waals surface area contributed by atoms with E-state index in [1.807, 2.05) is 26.8 Å². The highest BCUT2D eigenvalue weighted by Gasteiger charge is 2.50. The second-order valence-corrected chi connectivity index (χ2v) is 5.29. The quantitative estimate of drug-likeness (QED) is 0.668. The van der Waals surface area contributed by atoms with Gasteiger partial charge in [0.05, 0.1) is 10.3 Å². The summed E-state index contributed by atoms with van der Waals surface area (Å²) in [6.07, 6.45) is 1.55. The molecule has 1 aliphatic heterocycles. The summed E-state index contributed by atoms with van der Waals surface area (Å²) in [7, 11) is 0. The van der Waals surface area contributed by atoms with Crippen LogP contribution in [0.15, 0.2) is 18.2 Å². The van der Waals surface area contributed by atoms with Crippen molar-refractivity contribution in [2.45, 2.75) is 39.0 Å². The molecule has 1 aromatic rings. The van der Waals surface area contributed by atoms with Gasteiger partial charge in [0.1, 0.15) is 5.69 Å². The van der Waals surface area contributed by atoms with Crippen LogP contribution in [0, 0.1) is 16.0 Å². The first-order valence-corrected chi connectivity index (χ1v) is 6.54. The van der Waals surface area contributed by atoms with E-state index in [1.54, 1.807) is 6.07 Å². The maximum atomic E-state index is 12.4. The number of rotatable bonds is 4. The highest BCUT2D eigenvalue weighted by molar-refractivity contribution is 6.08. The molecule has 0 aromatic heterocycles. The van der Waals surface area contributed by atoms with Crippen LogP contribution < -0.4 is 5.32 Å². The lowest BCUT2D eigenvalue weighted by atomic mass is 9.69. The Morgan fingerprint density at radius 2 is 2.11 bits per heavy atom. The number of hydrogen-bond donors (Lipinski definition) is 1. The summed E-state index contributed by atoms with van der Waals surface area (Å²) < 4.78 is 0. The molecule has 19 heavy (non-hydrogen) atoms. The van der Waals surface area contributed by atoms with Crippen molar-refractivity contribution in [1.82, 2.24) is 0 Å². The molecule has 1 amide bonds. The predicted molar refractivity (Wildman–Crippen MR) is 73.2 cm³/mol. The number of amides is 1. The van der Waals surface area contributed by atoms with Crippen molar-refractivity contribution in [2.24, 2.45) is 5.92 Å². The van der Waals surface area contributed by atoms with Crippen molar-refractivity contribution in [3.05, 3.63) is 33.9 Å². The molecule has 1 heterocycles.